The lowest BCUT2D eigenvalue weighted by molar-refractivity contribution is -0.145. The lowest BCUT2D eigenvalue weighted by Gasteiger charge is -2.26. The Labute approximate surface area is 129 Å². The van der Waals surface area contributed by atoms with Gasteiger partial charge in [-0.05, 0) is 12.1 Å². The molecule has 5 amide bonds. The number of rotatable bonds is 2. The maximum Gasteiger partial charge on any atom is 0.330 e. The van der Waals surface area contributed by atoms with Crippen LogP contribution in [-0.2, 0) is 14.4 Å². The molecule has 9 heteroatoms. The standard InChI is InChI=1S/C12H9Cl2N3O4/c1-17-11(20)7(10(19)16-12(17)21)9(18)15-6-4-2-3-5(13)8(6)14/h2-4,7H,1H3,(H,15,18)(H,16,19,21). The summed E-state index contributed by atoms with van der Waals surface area (Å²) in [7, 11) is 1.16. The fourth-order valence-corrected chi connectivity index (χ4v) is 2.05. The molecule has 1 fully saturated rings. The van der Waals surface area contributed by atoms with Crippen LogP contribution in [0.2, 0.25) is 10.0 Å². The average Bonchev–Trinajstić information content (AvgIpc) is 2.41. The molecule has 1 aromatic rings. The molecule has 1 unspecified atom stereocenters. The van der Waals surface area contributed by atoms with Crippen LogP contribution in [0, 0.1) is 5.92 Å². The monoisotopic (exact) mass is 329 g/mol. The van der Waals surface area contributed by atoms with E-state index in [1.54, 1.807) is 6.07 Å². The number of anilines is 1. The highest BCUT2D eigenvalue weighted by Gasteiger charge is 2.43. The molecule has 0 aromatic heterocycles. The summed E-state index contributed by atoms with van der Waals surface area (Å²) in [6.45, 7) is 0. The lowest BCUT2D eigenvalue weighted by Crippen LogP contribution is -2.59. The van der Waals surface area contributed by atoms with Gasteiger partial charge in [0.25, 0.3) is 5.91 Å². The van der Waals surface area contributed by atoms with Crippen LogP contribution in [0.25, 0.3) is 0 Å². The molecule has 1 heterocycles. The van der Waals surface area contributed by atoms with Gasteiger partial charge in [0.15, 0.2) is 5.92 Å². The first-order valence-electron chi connectivity index (χ1n) is 5.70. The summed E-state index contributed by atoms with van der Waals surface area (Å²) in [6.07, 6.45) is 0. The van der Waals surface area contributed by atoms with Crippen LogP contribution in [0.5, 0.6) is 0 Å². The first-order chi connectivity index (χ1) is 9.82. The fraction of sp³-hybridized carbons (Fsp3) is 0.167. The van der Waals surface area contributed by atoms with E-state index in [1.807, 2.05) is 5.32 Å². The van der Waals surface area contributed by atoms with Crippen molar-refractivity contribution in [3.8, 4) is 0 Å². The molecule has 0 bridgehead atoms. The van der Waals surface area contributed by atoms with Crippen LogP contribution in [0.3, 0.4) is 0 Å². The summed E-state index contributed by atoms with van der Waals surface area (Å²) in [6, 6.07) is 3.65. The highest BCUT2D eigenvalue weighted by Crippen LogP contribution is 2.30. The van der Waals surface area contributed by atoms with Crippen LogP contribution in [0.4, 0.5) is 10.5 Å². The molecule has 1 aromatic carbocycles. The molecular weight excluding hydrogens is 321 g/mol. The van der Waals surface area contributed by atoms with Crippen molar-refractivity contribution in [1.29, 1.82) is 0 Å². The van der Waals surface area contributed by atoms with E-state index in [0.717, 1.165) is 7.05 Å². The molecule has 1 atom stereocenters. The Kier molecular flexibility index (Phi) is 4.15. The van der Waals surface area contributed by atoms with Crippen LogP contribution < -0.4 is 10.6 Å². The summed E-state index contributed by atoms with van der Waals surface area (Å²) < 4.78 is 0. The number of carbonyl (C=O) groups excluding carboxylic acids is 4. The number of imide groups is 2. The van der Waals surface area contributed by atoms with Crippen molar-refractivity contribution in [2.45, 2.75) is 0 Å². The number of nitrogens with zero attached hydrogens (tertiary/aromatic N) is 1. The van der Waals surface area contributed by atoms with Gasteiger partial charge in [0, 0.05) is 7.05 Å². The van der Waals surface area contributed by atoms with E-state index < -0.39 is 29.7 Å². The molecule has 2 N–H and O–H groups in total. The normalized spacial score (nSPS) is 18.5. The molecule has 21 heavy (non-hydrogen) atoms. The zero-order valence-electron chi connectivity index (χ0n) is 10.6. The van der Waals surface area contributed by atoms with Crippen molar-refractivity contribution < 1.29 is 19.2 Å². The predicted molar refractivity (Wildman–Crippen MR) is 74.9 cm³/mol. The highest BCUT2D eigenvalue weighted by atomic mass is 35.5. The van der Waals surface area contributed by atoms with Crippen LogP contribution in [0.15, 0.2) is 18.2 Å². The summed E-state index contributed by atoms with van der Waals surface area (Å²) in [5, 5.41) is 4.54. The van der Waals surface area contributed by atoms with E-state index in [2.05, 4.69) is 5.32 Å². The Morgan fingerprint density at radius 2 is 1.95 bits per heavy atom. The third-order valence-electron chi connectivity index (χ3n) is 2.85. The number of nitrogens with one attached hydrogen (secondary N) is 2. The Balaban J connectivity index is 2.24. The van der Waals surface area contributed by atoms with Gasteiger partial charge >= 0.3 is 6.03 Å². The van der Waals surface area contributed by atoms with Gasteiger partial charge in [0.2, 0.25) is 11.8 Å². The van der Waals surface area contributed by atoms with Gasteiger partial charge in [-0.15, -0.1) is 0 Å². The van der Waals surface area contributed by atoms with Crippen LogP contribution >= 0.6 is 23.2 Å². The van der Waals surface area contributed by atoms with Gasteiger partial charge in [-0.2, -0.15) is 0 Å². The minimum absolute atomic E-state index is 0.0839. The number of benzene rings is 1. The molecule has 2 rings (SSSR count). The Morgan fingerprint density at radius 3 is 2.62 bits per heavy atom. The number of halogens is 2. The Hall–Kier alpha value is -2.12. The van der Waals surface area contributed by atoms with E-state index in [0.29, 0.717) is 4.90 Å². The number of carbonyl (C=O) groups is 4. The minimum atomic E-state index is -1.66. The third-order valence-corrected chi connectivity index (χ3v) is 3.67. The average molecular weight is 330 g/mol. The second kappa shape index (κ2) is 5.71. The first kappa shape index (κ1) is 15.3. The fourth-order valence-electron chi connectivity index (χ4n) is 1.70. The molecular formula is C12H9Cl2N3O4. The summed E-state index contributed by atoms with van der Waals surface area (Å²) in [5.41, 5.74) is 0.161. The second-order valence-electron chi connectivity index (χ2n) is 4.22. The van der Waals surface area contributed by atoms with Gasteiger partial charge in [0.05, 0.1) is 15.7 Å². The maximum atomic E-state index is 12.1. The molecule has 1 aliphatic rings. The molecule has 1 saturated heterocycles. The molecule has 1 aliphatic heterocycles. The second-order valence-corrected chi connectivity index (χ2v) is 5.00. The first-order valence-corrected chi connectivity index (χ1v) is 6.45. The SMILES string of the molecule is CN1C(=O)NC(=O)C(C(=O)Nc2cccc(Cl)c2Cl)C1=O. The van der Waals surface area contributed by atoms with Gasteiger partial charge in [-0.1, -0.05) is 29.3 Å². The van der Waals surface area contributed by atoms with Crippen LogP contribution in [0.1, 0.15) is 0 Å². The molecule has 7 nitrogen and oxygen atoms in total. The number of barbiturate groups is 1. The minimum Gasteiger partial charge on any atom is -0.324 e. The van der Waals surface area contributed by atoms with Gasteiger partial charge in [-0.25, -0.2) is 4.79 Å². The van der Waals surface area contributed by atoms with E-state index in [4.69, 9.17) is 23.2 Å². The van der Waals surface area contributed by atoms with Gasteiger partial charge in [0.1, 0.15) is 0 Å². The number of hydrogen-bond donors (Lipinski definition) is 2. The molecule has 0 aliphatic carbocycles. The molecule has 0 saturated carbocycles. The van der Waals surface area contributed by atoms with Crippen LogP contribution in [-0.4, -0.2) is 35.7 Å². The zero-order valence-corrected chi connectivity index (χ0v) is 12.2. The summed E-state index contributed by atoms with van der Waals surface area (Å²) >= 11 is 11.7. The molecule has 0 spiro atoms. The van der Waals surface area contributed by atoms with Gasteiger partial charge in [-0.3, -0.25) is 24.6 Å². The van der Waals surface area contributed by atoms with Crippen molar-refractivity contribution in [3.63, 3.8) is 0 Å². The van der Waals surface area contributed by atoms with Crippen molar-refractivity contribution in [1.82, 2.24) is 10.2 Å². The topological polar surface area (TPSA) is 95.6 Å². The number of amides is 5. The Morgan fingerprint density at radius 1 is 1.29 bits per heavy atom. The summed E-state index contributed by atoms with van der Waals surface area (Å²) in [4.78, 5) is 47.5. The van der Waals surface area contributed by atoms with Crippen molar-refractivity contribution >= 4 is 52.6 Å². The largest absolute Gasteiger partial charge is 0.330 e. The predicted octanol–water partition coefficient (Wildman–Crippen LogP) is 1.26. The quantitative estimate of drug-likeness (QED) is 0.798. The molecule has 110 valence electrons. The van der Waals surface area contributed by atoms with Crippen molar-refractivity contribution in [2.24, 2.45) is 5.92 Å². The summed E-state index contributed by atoms with van der Waals surface area (Å²) in [5.74, 6) is -4.47. The van der Waals surface area contributed by atoms with Crippen molar-refractivity contribution in [3.05, 3.63) is 28.2 Å². The van der Waals surface area contributed by atoms with E-state index in [-0.39, 0.29) is 15.7 Å². The van der Waals surface area contributed by atoms with Gasteiger partial charge < -0.3 is 5.32 Å². The lowest BCUT2D eigenvalue weighted by atomic mass is 10.0. The third kappa shape index (κ3) is 2.84. The van der Waals surface area contributed by atoms with E-state index >= 15 is 0 Å². The zero-order chi connectivity index (χ0) is 15.7. The highest BCUT2D eigenvalue weighted by molar-refractivity contribution is 6.44. The maximum absolute atomic E-state index is 12.1. The van der Waals surface area contributed by atoms with E-state index in [9.17, 15) is 19.2 Å². The number of urea groups is 1. The Bertz CT molecular complexity index is 662. The number of hydrogen-bond acceptors (Lipinski definition) is 4. The smallest absolute Gasteiger partial charge is 0.324 e. The molecule has 0 radical (unpaired) electrons. The van der Waals surface area contributed by atoms with E-state index in [1.165, 1.54) is 12.1 Å². The van der Waals surface area contributed by atoms with Crippen molar-refractivity contribution in [2.75, 3.05) is 12.4 Å².